The summed E-state index contributed by atoms with van der Waals surface area (Å²) in [7, 11) is 0. The Bertz CT molecular complexity index is 972. The zero-order chi connectivity index (χ0) is 21.6. The van der Waals surface area contributed by atoms with Crippen LogP contribution in [0.2, 0.25) is 0 Å². The Hall–Kier alpha value is -2.61. The Kier molecular flexibility index (Phi) is 5.12. The highest BCUT2D eigenvalue weighted by atomic mass is 19.1. The van der Waals surface area contributed by atoms with Gasteiger partial charge in [-0.2, -0.15) is 0 Å². The third kappa shape index (κ3) is 3.89. The molecule has 2 aromatic rings. The number of piperidine rings is 1. The lowest BCUT2D eigenvalue weighted by molar-refractivity contribution is 0.0768. The van der Waals surface area contributed by atoms with Gasteiger partial charge >= 0.3 is 6.03 Å². The molecule has 8 heteroatoms. The normalized spacial score (nSPS) is 26.1. The van der Waals surface area contributed by atoms with E-state index in [-0.39, 0.29) is 29.3 Å². The molecule has 3 aliphatic rings. The number of rotatable bonds is 3. The van der Waals surface area contributed by atoms with Crippen LogP contribution in [0.25, 0.3) is 10.9 Å². The third-order valence-corrected chi connectivity index (χ3v) is 7.41. The zero-order valence-electron chi connectivity index (χ0n) is 17.9. The van der Waals surface area contributed by atoms with Crippen LogP contribution in [0.4, 0.5) is 9.18 Å². The molecule has 1 unspecified atom stereocenters. The van der Waals surface area contributed by atoms with E-state index < -0.39 is 0 Å². The molecule has 2 aliphatic heterocycles. The van der Waals surface area contributed by atoms with Crippen molar-refractivity contribution in [1.82, 2.24) is 25.8 Å². The van der Waals surface area contributed by atoms with E-state index >= 15 is 0 Å². The second-order valence-corrected chi connectivity index (χ2v) is 9.45. The first-order chi connectivity index (χ1) is 14.9. The first-order valence-electron chi connectivity index (χ1n) is 11.3. The summed E-state index contributed by atoms with van der Waals surface area (Å²) in [4.78, 5) is 30.0. The zero-order valence-corrected chi connectivity index (χ0v) is 17.9. The molecule has 1 aliphatic carbocycles. The van der Waals surface area contributed by atoms with Gasteiger partial charge in [-0.1, -0.05) is 6.07 Å². The minimum absolute atomic E-state index is 0.0547. The SMILES string of the molecule is Cc1ccc(F)c2cc(C(=O)N[C@@H]3CCCC(N4CCC5(CC4)CNC(=O)N5)C3)[nH]c12. The molecule has 2 atom stereocenters. The molecule has 7 nitrogen and oxygen atoms in total. The van der Waals surface area contributed by atoms with Gasteiger partial charge in [0.05, 0.1) is 11.1 Å². The number of aryl methyl sites for hydroxylation is 1. The minimum atomic E-state index is -0.315. The number of nitrogens with zero attached hydrogens (tertiary/aromatic N) is 1. The fraction of sp³-hybridized carbons (Fsp3) is 0.565. The number of halogens is 1. The number of fused-ring (bicyclic) bond motifs is 1. The average Bonchev–Trinajstić information content (AvgIpc) is 3.37. The number of hydrogen-bond acceptors (Lipinski definition) is 3. The van der Waals surface area contributed by atoms with Crippen LogP contribution in [0.5, 0.6) is 0 Å². The topological polar surface area (TPSA) is 89.3 Å². The van der Waals surface area contributed by atoms with Crippen molar-refractivity contribution in [2.75, 3.05) is 19.6 Å². The van der Waals surface area contributed by atoms with Crippen LogP contribution in [0.3, 0.4) is 0 Å². The van der Waals surface area contributed by atoms with E-state index in [2.05, 4.69) is 25.8 Å². The van der Waals surface area contributed by atoms with E-state index in [0.717, 1.165) is 57.2 Å². The Morgan fingerprint density at radius 2 is 2.06 bits per heavy atom. The van der Waals surface area contributed by atoms with Gasteiger partial charge in [0.1, 0.15) is 11.5 Å². The van der Waals surface area contributed by atoms with Gasteiger partial charge in [0.2, 0.25) is 0 Å². The molecule has 0 bridgehead atoms. The molecule has 1 aromatic carbocycles. The van der Waals surface area contributed by atoms with Crippen molar-refractivity contribution in [2.24, 2.45) is 0 Å². The number of carbonyl (C=O) groups excluding carboxylic acids is 2. The standard InChI is InChI=1S/C23H30FN5O2/c1-14-5-6-18(24)17-12-19(27-20(14)17)21(30)26-15-3-2-4-16(11-15)29-9-7-23(8-10-29)13-25-22(31)28-23/h5-6,12,15-16,27H,2-4,7-11,13H2,1H3,(H,26,30)(H2,25,28,31)/t15-,16?/m1/s1. The van der Waals surface area contributed by atoms with E-state index in [1.165, 1.54) is 6.07 Å². The smallest absolute Gasteiger partial charge is 0.315 e. The average molecular weight is 428 g/mol. The van der Waals surface area contributed by atoms with Crippen LogP contribution in [0.15, 0.2) is 18.2 Å². The van der Waals surface area contributed by atoms with Crippen molar-refractivity contribution in [3.8, 4) is 0 Å². The summed E-state index contributed by atoms with van der Waals surface area (Å²) in [6.07, 6.45) is 6.03. The monoisotopic (exact) mass is 427 g/mol. The van der Waals surface area contributed by atoms with Crippen molar-refractivity contribution in [2.45, 2.75) is 63.1 Å². The maximum atomic E-state index is 14.1. The van der Waals surface area contributed by atoms with Gasteiger partial charge < -0.3 is 25.8 Å². The summed E-state index contributed by atoms with van der Waals surface area (Å²) in [5, 5.41) is 9.63. The van der Waals surface area contributed by atoms with Crippen molar-refractivity contribution in [3.05, 3.63) is 35.3 Å². The Morgan fingerprint density at radius 3 is 2.77 bits per heavy atom. The summed E-state index contributed by atoms with van der Waals surface area (Å²) < 4.78 is 14.1. The van der Waals surface area contributed by atoms with Gasteiger partial charge in [-0.25, -0.2) is 9.18 Å². The van der Waals surface area contributed by atoms with E-state index in [1.54, 1.807) is 12.1 Å². The highest BCUT2D eigenvalue weighted by molar-refractivity contribution is 5.99. The number of hydrogen-bond donors (Lipinski definition) is 4. The Morgan fingerprint density at radius 1 is 1.26 bits per heavy atom. The largest absolute Gasteiger partial charge is 0.350 e. The lowest BCUT2D eigenvalue weighted by atomic mass is 9.84. The minimum Gasteiger partial charge on any atom is -0.350 e. The highest BCUT2D eigenvalue weighted by Gasteiger charge is 2.42. The molecular formula is C23H30FN5O2. The lowest BCUT2D eigenvalue weighted by Crippen LogP contribution is -2.56. The number of benzene rings is 1. The molecule has 3 amide bonds. The van der Waals surface area contributed by atoms with E-state index in [4.69, 9.17) is 0 Å². The predicted molar refractivity (Wildman–Crippen MR) is 117 cm³/mol. The molecule has 1 aromatic heterocycles. The van der Waals surface area contributed by atoms with Crippen LogP contribution < -0.4 is 16.0 Å². The predicted octanol–water partition coefficient (Wildman–Crippen LogP) is 2.80. The molecule has 3 fully saturated rings. The molecule has 3 heterocycles. The first-order valence-corrected chi connectivity index (χ1v) is 11.3. The summed E-state index contributed by atoms with van der Waals surface area (Å²) in [5.41, 5.74) is 1.93. The Labute approximate surface area is 181 Å². The van der Waals surface area contributed by atoms with Crippen molar-refractivity contribution < 1.29 is 14.0 Å². The quantitative estimate of drug-likeness (QED) is 0.607. The molecule has 2 saturated heterocycles. The number of H-pyrrole nitrogens is 1. The fourth-order valence-electron chi connectivity index (χ4n) is 5.54. The lowest BCUT2D eigenvalue weighted by Gasteiger charge is -2.44. The number of carbonyl (C=O) groups is 2. The highest BCUT2D eigenvalue weighted by Crippen LogP contribution is 2.30. The van der Waals surface area contributed by atoms with Crippen LogP contribution in [0, 0.1) is 12.7 Å². The number of aromatic amines is 1. The van der Waals surface area contributed by atoms with Crippen molar-refractivity contribution in [3.63, 3.8) is 0 Å². The van der Waals surface area contributed by atoms with Gasteiger partial charge in [0, 0.05) is 37.1 Å². The molecular weight excluding hydrogens is 397 g/mol. The Balaban J connectivity index is 1.20. The summed E-state index contributed by atoms with van der Waals surface area (Å²) >= 11 is 0. The number of likely N-dealkylation sites (tertiary alicyclic amines) is 1. The summed E-state index contributed by atoms with van der Waals surface area (Å²) in [6.45, 7) is 4.55. The van der Waals surface area contributed by atoms with Crippen LogP contribution in [0.1, 0.15) is 54.6 Å². The summed E-state index contributed by atoms with van der Waals surface area (Å²) in [6, 6.07) is 5.28. The number of amides is 3. The number of nitrogens with one attached hydrogen (secondary N) is 4. The van der Waals surface area contributed by atoms with Crippen molar-refractivity contribution in [1.29, 1.82) is 0 Å². The first kappa shape index (κ1) is 20.3. The molecule has 31 heavy (non-hydrogen) atoms. The molecule has 1 spiro atoms. The van der Waals surface area contributed by atoms with E-state index in [9.17, 15) is 14.0 Å². The van der Waals surface area contributed by atoms with Crippen molar-refractivity contribution >= 4 is 22.8 Å². The third-order valence-electron chi connectivity index (χ3n) is 7.41. The maximum absolute atomic E-state index is 14.1. The van der Waals surface area contributed by atoms with Gasteiger partial charge in [-0.15, -0.1) is 0 Å². The van der Waals surface area contributed by atoms with Crippen LogP contribution in [-0.2, 0) is 0 Å². The fourth-order valence-corrected chi connectivity index (χ4v) is 5.54. The summed E-state index contributed by atoms with van der Waals surface area (Å²) in [5.74, 6) is -0.483. The second-order valence-electron chi connectivity index (χ2n) is 9.45. The molecule has 4 N–H and O–H groups in total. The van der Waals surface area contributed by atoms with Gasteiger partial charge in [-0.3, -0.25) is 4.79 Å². The second kappa shape index (κ2) is 7.82. The molecule has 166 valence electrons. The molecule has 1 saturated carbocycles. The van der Waals surface area contributed by atoms with Gasteiger partial charge in [-0.05, 0) is 63.1 Å². The number of urea groups is 1. The molecule has 5 rings (SSSR count). The van der Waals surface area contributed by atoms with E-state index in [0.29, 0.717) is 29.2 Å². The van der Waals surface area contributed by atoms with Gasteiger partial charge in [0.25, 0.3) is 5.91 Å². The van der Waals surface area contributed by atoms with Crippen LogP contribution >= 0.6 is 0 Å². The molecule has 0 radical (unpaired) electrons. The maximum Gasteiger partial charge on any atom is 0.315 e. The van der Waals surface area contributed by atoms with E-state index in [1.807, 2.05) is 6.92 Å². The van der Waals surface area contributed by atoms with Gasteiger partial charge in [0.15, 0.2) is 0 Å². The number of aromatic nitrogens is 1. The van der Waals surface area contributed by atoms with Crippen LogP contribution in [-0.4, -0.2) is 59.1 Å².